The van der Waals surface area contributed by atoms with Gasteiger partial charge in [-0.05, 0) is 55.3 Å². The molecule has 11 nitrogen and oxygen atoms in total. The molecule has 1 saturated heterocycles. The number of phenolic OH excluding ortho intramolecular Hbond substituents is 1. The molecule has 0 radical (unpaired) electrons. The van der Waals surface area contributed by atoms with Crippen molar-refractivity contribution in [1.29, 1.82) is 0 Å². The first-order valence-corrected chi connectivity index (χ1v) is 16.1. The number of benzene rings is 3. The Hall–Kier alpha value is -3.97. The van der Waals surface area contributed by atoms with E-state index in [4.69, 9.17) is 41.5 Å². The molecule has 1 fully saturated rings. The van der Waals surface area contributed by atoms with E-state index in [9.17, 15) is 9.90 Å². The van der Waals surface area contributed by atoms with Gasteiger partial charge in [-0.2, -0.15) is 4.98 Å². The number of hydrogen-bond donors (Lipinski definition) is 2. The normalized spacial score (nSPS) is 13.9. The van der Waals surface area contributed by atoms with E-state index in [0.29, 0.717) is 88.4 Å². The van der Waals surface area contributed by atoms with E-state index in [-0.39, 0.29) is 27.9 Å². The standard InChI is InChI=1S/C34H42ClFN6O5/c1-34(2,3)47-33(44)42-12-10-41(11-13-42)31-26-21-27(35)28(25-20-23(43)19-22-7-5-6-8-24(22)25)29(36)30(26)38-32(39-31)40(4)14-16-46-18-17-45-15-9-37/h5-8,19-21,43H,9-18,37H2,1-4H3. The Labute approximate surface area is 279 Å². The van der Waals surface area contributed by atoms with E-state index in [0.717, 1.165) is 10.8 Å². The summed E-state index contributed by atoms with van der Waals surface area (Å²) in [4.78, 5) is 27.8. The molecule has 1 amide bonds. The number of likely N-dealkylation sites (N-methyl/N-ethyl adjacent to an activating group) is 1. The molecular formula is C34H42ClFN6O5. The van der Waals surface area contributed by atoms with Gasteiger partial charge in [0.2, 0.25) is 5.95 Å². The van der Waals surface area contributed by atoms with Crippen LogP contribution >= 0.6 is 11.6 Å². The van der Waals surface area contributed by atoms with Crippen LogP contribution in [0.25, 0.3) is 32.8 Å². The molecule has 0 bridgehead atoms. The van der Waals surface area contributed by atoms with E-state index in [2.05, 4.69) is 0 Å². The van der Waals surface area contributed by atoms with Gasteiger partial charge >= 0.3 is 6.09 Å². The fourth-order valence-corrected chi connectivity index (χ4v) is 5.76. The lowest BCUT2D eigenvalue weighted by molar-refractivity contribution is 0.0240. The minimum atomic E-state index is -0.623. The zero-order valence-corrected chi connectivity index (χ0v) is 28.0. The lowest BCUT2D eigenvalue weighted by Gasteiger charge is -2.36. The van der Waals surface area contributed by atoms with Crippen molar-refractivity contribution in [3.05, 3.63) is 53.3 Å². The molecule has 1 aliphatic heterocycles. The van der Waals surface area contributed by atoms with Crippen LogP contribution in [0.1, 0.15) is 20.8 Å². The number of rotatable bonds is 11. The highest BCUT2D eigenvalue weighted by atomic mass is 35.5. The predicted molar refractivity (Wildman–Crippen MR) is 183 cm³/mol. The van der Waals surface area contributed by atoms with Gasteiger partial charge in [-0.15, -0.1) is 0 Å². The Bertz CT molecular complexity index is 1730. The largest absolute Gasteiger partial charge is 0.508 e. The van der Waals surface area contributed by atoms with Crippen LogP contribution in [0.2, 0.25) is 5.02 Å². The summed E-state index contributed by atoms with van der Waals surface area (Å²) in [5.74, 6) is 0.180. The average Bonchev–Trinajstić information content (AvgIpc) is 3.03. The van der Waals surface area contributed by atoms with Crippen molar-refractivity contribution >= 4 is 51.1 Å². The van der Waals surface area contributed by atoms with Gasteiger partial charge in [-0.1, -0.05) is 35.9 Å². The molecule has 3 aromatic carbocycles. The molecule has 0 unspecified atom stereocenters. The van der Waals surface area contributed by atoms with E-state index >= 15 is 4.39 Å². The Morgan fingerprint density at radius 3 is 2.43 bits per heavy atom. The fourth-order valence-electron chi connectivity index (χ4n) is 5.46. The lowest BCUT2D eigenvalue weighted by Crippen LogP contribution is -2.50. The van der Waals surface area contributed by atoms with Crippen molar-refractivity contribution in [1.82, 2.24) is 14.9 Å². The van der Waals surface area contributed by atoms with Crippen LogP contribution in [-0.2, 0) is 14.2 Å². The van der Waals surface area contributed by atoms with Gasteiger partial charge in [0.1, 0.15) is 22.7 Å². The summed E-state index contributed by atoms with van der Waals surface area (Å²) in [7, 11) is 1.82. The number of carbonyl (C=O) groups excluding carboxylic acids is 1. The smallest absolute Gasteiger partial charge is 0.410 e. The Morgan fingerprint density at radius 1 is 1.02 bits per heavy atom. The minimum absolute atomic E-state index is 0.00523. The number of fused-ring (bicyclic) bond motifs is 2. The second kappa shape index (κ2) is 14.8. The number of aromatic nitrogens is 2. The molecule has 0 spiro atoms. The molecule has 0 aliphatic carbocycles. The number of anilines is 2. The number of ether oxygens (including phenoxy) is 3. The quantitative estimate of drug-likeness (QED) is 0.200. The molecule has 252 valence electrons. The van der Waals surface area contributed by atoms with Crippen molar-refractivity contribution in [3.8, 4) is 16.9 Å². The predicted octanol–water partition coefficient (Wildman–Crippen LogP) is 5.43. The molecule has 4 aromatic rings. The number of halogens is 2. The number of piperazine rings is 1. The maximum atomic E-state index is 16.8. The van der Waals surface area contributed by atoms with Crippen molar-refractivity contribution < 1.29 is 28.5 Å². The average molecular weight is 669 g/mol. The molecule has 3 N–H and O–H groups in total. The van der Waals surface area contributed by atoms with Gasteiger partial charge in [-0.25, -0.2) is 14.2 Å². The third kappa shape index (κ3) is 8.13. The first-order valence-electron chi connectivity index (χ1n) is 15.7. The van der Waals surface area contributed by atoms with Crippen LogP contribution in [0, 0.1) is 5.82 Å². The molecule has 0 saturated carbocycles. The molecule has 1 aromatic heterocycles. The summed E-state index contributed by atoms with van der Waals surface area (Å²) >= 11 is 6.86. The summed E-state index contributed by atoms with van der Waals surface area (Å²) in [5.41, 5.74) is 5.53. The van der Waals surface area contributed by atoms with Crippen LogP contribution in [0.5, 0.6) is 5.75 Å². The minimum Gasteiger partial charge on any atom is -0.508 e. The second-order valence-electron chi connectivity index (χ2n) is 12.4. The Morgan fingerprint density at radius 2 is 1.72 bits per heavy atom. The molecule has 2 heterocycles. The Kier molecular flexibility index (Phi) is 10.9. The van der Waals surface area contributed by atoms with E-state index in [1.807, 2.05) is 57.0 Å². The van der Waals surface area contributed by atoms with Crippen molar-refractivity contribution in [2.75, 3.05) is 82.5 Å². The van der Waals surface area contributed by atoms with Crippen molar-refractivity contribution in [2.24, 2.45) is 5.73 Å². The van der Waals surface area contributed by atoms with Gasteiger partial charge in [0, 0.05) is 57.3 Å². The molecule has 13 heteroatoms. The third-order valence-corrected chi connectivity index (χ3v) is 8.04. The first kappa shape index (κ1) is 34.4. The molecule has 47 heavy (non-hydrogen) atoms. The zero-order valence-electron chi connectivity index (χ0n) is 27.3. The van der Waals surface area contributed by atoms with Crippen molar-refractivity contribution in [2.45, 2.75) is 26.4 Å². The van der Waals surface area contributed by atoms with Gasteiger partial charge < -0.3 is 39.8 Å². The van der Waals surface area contributed by atoms with Crippen LogP contribution in [-0.4, -0.2) is 104 Å². The van der Waals surface area contributed by atoms with Gasteiger partial charge in [-0.3, -0.25) is 0 Å². The van der Waals surface area contributed by atoms with E-state index in [1.54, 1.807) is 21.9 Å². The van der Waals surface area contributed by atoms with E-state index < -0.39 is 11.4 Å². The monoisotopic (exact) mass is 668 g/mol. The first-order chi connectivity index (χ1) is 22.5. The van der Waals surface area contributed by atoms with Crippen LogP contribution in [0.3, 0.4) is 0 Å². The van der Waals surface area contributed by atoms with Gasteiger partial charge in [0.05, 0.1) is 31.5 Å². The summed E-state index contributed by atoms with van der Waals surface area (Å²) in [6.45, 7) is 9.76. The van der Waals surface area contributed by atoms with Crippen LogP contribution in [0.4, 0.5) is 21.0 Å². The number of carbonyl (C=O) groups is 1. The number of nitrogens with zero attached hydrogens (tertiary/aromatic N) is 5. The maximum Gasteiger partial charge on any atom is 0.410 e. The summed E-state index contributed by atoms with van der Waals surface area (Å²) < 4.78 is 33.5. The number of aromatic hydroxyl groups is 1. The molecular weight excluding hydrogens is 627 g/mol. The number of nitrogens with two attached hydrogens (primary N) is 1. The highest BCUT2D eigenvalue weighted by Crippen LogP contribution is 2.42. The number of hydrogen-bond acceptors (Lipinski definition) is 10. The van der Waals surface area contributed by atoms with Crippen LogP contribution < -0.4 is 15.5 Å². The van der Waals surface area contributed by atoms with E-state index in [1.165, 1.54) is 6.07 Å². The van der Waals surface area contributed by atoms with Crippen LogP contribution in [0.15, 0.2) is 42.5 Å². The molecule has 0 atom stereocenters. The van der Waals surface area contributed by atoms with Crippen molar-refractivity contribution in [3.63, 3.8) is 0 Å². The highest BCUT2D eigenvalue weighted by Gasteiger charge is 2.29. The second-order valence-corrected chi connectivity index (χ2v) is 12.8. The molecule has 1 aliphatic rings. The summed E-state index contributed by atoms with van der Waals surface area (Å²) in [5, 5.41) is 12.6. The van der Waals surface area contributed by atoms with Gasteiger partial charge in [0.25, 0.3) is 0 Å². The van der Waals surface area contributed by atoms with Gasteiger partial charge in [0.15, 0.2) is 5.82 Å². The lowest BCUT2D eigenvalue weighted by atomic mass is 9.96. The SMILES string of the molecule is CN(CCOCCOCCN)c1nc(N2CCN(C(=O)OC(C)(C)C)CC2)c2cc(Cl)c(-c3cc(O)cc4ccccc34)c(F)c2n1. The number of amides is 1. The zero-order chi connectivity index (χ0) is 33.7. The number of phenols is 1. The third-order valence-electron chi connectivity index (χ3n) is 7.74. The summed E-state index contributed by atoms with van der Waals surface area (Å²) in [6, 6.07) is 12.2. The molecule has 5 rings (SSSR count). The highest BCUT2D eigenvalue weighted by molar-refractivity contribution is 6.35. The summed E-state index contributed by atoms with van der Waals surface area (Å²) in [6.07, 6.45) is -0.379. The fraction of sp³-hybridized carbons (Fsp3) is 0.441. The maximum absolute atomic E-state index is 16.8. The Balaban J connectivity index is 1.52. The topological polar surface area (TPSA) is 127 Å².